The van der Waals surface area contributed by atoms with Crippen LogP contribution in [0, 0.1) is 13.8 Å². The van der Waals surface area contributed by atoms with Crippen molar-refractivity contribution in [1.82, 2.24) is 0 Å². The van der Waals surface area contributed by atoms with Crippen molar-refractivity contribution in [3.63, 3.8) is 0 Å². The van der Waals surface area contributed by atoms with Gasteiger partial charge in [0.1, 0.15) is 24.0 Å². The maximum Gasteiger partial charge on any atom is 0.323 e. The van der Waals surface area contributed by atoms with E-state index >= 15 is 0 Å². The van der Waals surface area contributed by atoms with Gasteiger partial charge in [0.15, 0.2) is 0 Å². The summed E-state index contributed by atoms with van der Waals surface area (Å²) in [6, 6.07) is 8.44. The topological polar surface area (TPSA) is 55.8 Å². The minimum absolute atomic E-state index is 0.0259. The first-order valence-electron chi connectivity index (χ1n) is 11.1. The lowest BCUT2D eigenvalue weighted by Gasteiger charge is -2.17. The van der Waals surface area contributed by atoms with Crippen molar-refractivity contribution in [3.05, 3.63) is 57.6 Å². The van der Waals surface area contributed by atoms with Gasteiger partial charge in [-0.3, -0.25) is 4.79 Å². The molecule has 1 aliphatic heterocycles. The highest BCUT2D eigenvalue weighted by molar-refractivity contribution is 5.90. The molecule has 0 saturated carbocycles. The quantitative estimate of drug-likeness (QED) is 0.433. The van der Waals surface area contributed by atoms with E-state index in [0.29, 0.717) is 5.92 Å². The van der Waals surface area contributed by atoms with Crippen LogP contribution in [-0.4, -0.2) is 24.3 Å². The third-order valence-corrected chi connectivity index (χ3v) is 6.07. The van der Waals surface area contributed by atoms with E-state index in [9.17, 15) is 4.79 Å². The van der Waals surface area contributed by atoms with Crippen LogP contribution in [-0.2, 0) is 11.2 Å². The summed E-state index contributed by atoms with van der Waals surface area (Å²) in [6.45, 7) is 10.8. The standard InChI is InChI=1S/C26H34O4/c1-6-8-9-19-14-21(16(3)7-2)25-22(15-19)23(26(28)30-25)20-12-17(4)24(18(5)13-20)29-11-10-27/h12-16,23,27H,6-11H2,1-5H3. The van der Waals surface area contributed by atoms with Crippen LogP contribution < -0.4 is 9.47 Å². The predicted molar refractivity (Wildman–Crippen MR) is 120 cm³/mol. The van der Waals surface area contributed by atoms with Crippen molar-refractivity contribution in [2.75, 3.05) is 13.2 Å². The Morgan fingerprint density at radius 3 is 2.43 bits per heavy atom. The number of esters is 1. The number of aryl methyl sites for hydroxylation is 3. The smallest absolute Gasteiger partial charge is 0.323 e. The summed E-state index contributed by atoms with van der Waals surface area (Å²) in [4.78, 5) is 13.0. The van der Waals surface area contributed by atoms with Crippen molar-refractivity contribution < 1.29 is 19.4 Å². The molecule has 30 heavy (non-hydrogen) atoms. The third-order valence-electron chi connectivity index (χ3n) is 6.07. The number of ether oxygens (including phenoxy) is 2. The molecule has 3 rings (SSSR count). The molecule has 1 N–H and O–H groups in total. The van der Waals surface area contributed by atoms with Crippen molar-refractivity contribution in [1.29, 1.82) is 0 Å². The van der Waals surface area contributed by atoms with Gasteiger partial charge in [0.2, 0.25) is 0 Å². The largest absolute Gasteiger partial charge is 0.491 e. The van der Waals surface area contributed by atoms with Crippen LogP contribution in [0.25, 0.3) is 0 Å². The van der Waals surface area contributed by atoms with Gasteiger partial charge in [-0.1, -0.05) is 51.5 Å². The molecule has 1 heterocycles. The number of benzene rings is 2. The van der Waals surface area contributed by atoms with Crippen molar-refractivity contribution >= 4 is 5.97 Å². The van der Waals surface area contributed by atoms with Gasteiger partial charge in [-0.2, -0.15) is 0 Å². The Labute approximate surface area is 180 Å². The fraction of sp³-hybridized carbons (Fsp3) is 0.500. The highest BCUT2D eigenvalue weighted by Gasteiger charge is 2.37. The molecule has 0 aromatic heterocycles. The summed E-state index contributed by atoms with van der Waals surface area (Å²) in [6.07, 6.45) is 4.29. The second-order valence-corrected chi connectivity index (χ2v) is 8.43. The number of aliphatic hydroxyl groups excluding tert-OH is 1. The van der Waals surface area contributed by atoms with Crippen molar-refractivity contribution in [2.24, 2.45) is 0 Å². The molecule has 0 radical (unpaired) electrons. The molecule has 4 nitrogen and oxygen atoms in total. The molecule has 1 aliphatic rings. The number of carbonyl (C=O) groups excluding carboxylic acids is 1. The van der Waals surface area contributed by atoms with Crippen LogP contribution in [0.15, 0.2) is 24.3 Å². The van der Waals surface area contributed by atoms with Crippen LogP contribution in [0.2, 0.25) is 0 Å². The van der Waals surface area contributed by atoms with Crippen molar-refractivity contribution in [2.45, 2.75) is 72.1 Å². The molecular weight excluding hydrogens is 376 g/mol. The van der Waals surface area contributed by atoms with Crippen LogP contribution in [0.4, 0.5) is 0 Å². The minimum atomic E-state index is -0.409. The maximum atomic E-state index is 13.0. The van der Waals surface area contributed by atoms with Gasteiger partial charge in [0.05, 0.1) is 6.61 Å². The van der Waals surface area contributed by atoms with E-state index in [1.165, 1.54) is 5.56 Å². The molecule has 2 aromatic carbocycles. The average molecular weight is 411 g/mol. The number of hydrogen-bond acceptors (Lipinski definition) is 4. The first kappa shape index (κ1) is 22.4. The number of unbranched alkanes of at least 4 members (excludes halogenated alkanes) is 1. The molecule has 162 valence electrons. The first-order valence-corrected chi connectivity index (χ1v) is 11.1. The SMILES string of the molecule is CCCCc1cc(C(C)CC)c2c(c1)C(c1cc(C)c(OCCO)c(C)c1)C(=O)O2. The van der Waals surface area contributed by atoms with Crippen LogP contribution in [0.3, 0.4) is 0 Å². The second-order valence-electron chi connectivity index (χ2n) is 8.43. The maximum absolute atomic E-state index is 13.0. The Hall–Kier alpha value is -2.33. The highest BCUT2D eigenvalue weighted by atomic mass is 16.5. The Morgan fingerprint density at radius 2 is 1.83 bits per heavy atom. The fourth-order valence-electron chi connectivity index (χ4n) is 4.31. The molecule has 2 unspecified atom stereocenters. The van der Waals surface area contributed by atoms with E-state index in [1.807, 2.05) is 26.0 Å². The molecule has 0 bridgehead atoms. The monoisotopic (exact) mass is 410 g/mol. The van der Waals surface area contributed by atoms with Gasteiger partial charge in [-0.15, -0.1) is 0 Å². The molecule has 4 heteroatoms. The van der Waals surface area contributed by atoms with E-state index in [2.05, 4.69) is 32.9 Å². The second kappa shape index (κ2) is 9.65. The van der Waals surface area contributed by atoms with Crippen molar-refractivity contribution in [3.8, 4) is 11.5 Å². The fourth-order valence-corrected chi connectivity index (χ4v) is 4.31. The molecule has 0 fully saturated rings. The lowest BCUT2D eigenvalue weighted by Crippen LogP contribution is -2.13. The van der Waals surface area contributed by atoms with E-state index < -0.39 is 5.92 Å². The average Bonchev–Trinajstić information content (AvgIpc) is 3.06. The molecule has 0 spiro atoms. The van der Waals surface area contributed by atoms with Crippen LogP contribution in [0.5, 0.6) is 11.5 Å². The Bertz CT molecular complexity index is 892. The number of fused-ring (bicyclic) bond motifs is 1. The van der Waals surface area contributed by atoms with E-state index in [-0.39, 0.29) is 19.2 Å². The summed E-state index contributed by atoms with van der Waals surface area (Å²) < 4.78 is 11.6. The zero-order valence-corrected chi connectivity index (χ0v) is 18.9. The normalized spacial score (nSPS) is 16.3. The van der Waals surface area contributed by atoms with Gasteiger partial charge in [-0.05, 0) is 66.8 Å². The molecule has 2 aromatic rings. The number of carbonyl (C=O) groups is 1. The lowest BCUT2D eigenvalue weighted by atomic mass is 9.85. The summed E-state index contributed by atoms with van der Waals surface area (Å²) >= 11 is 0. The summed E-state index contributed by atoms with van der Waals surface area (Å²) in [7, 11) is 0. The van der Waals surface area contributed by atoms with E-state index in [0.717, 1.165) is 65.0 Å². The summed E-state index contributed by atoms with van der Waals surface area (Å²) in [5.41, 5.74) is 6.28. The summed E-state index contributed by atoms with van der Waals surface area (Å²) in [5, 5.41) is 9.07. The number of hydrogen-bond donors (Lipinski definition) is 1. The Kier molecular flexibility index (Phi) is 7.19. The zero-order valence-electron chi connectivity index (χ0n) is 18.9. The number of aliphatic hydroxyl groups is 1. The van der Waals surface area contributed by atoms with Crippen LogP contribution >= 0.6 is 0 Å². The zero-order chi connectivity index (χ0) is 21.8. The molecule has 0 aliphatic carbocycles. The van der Waals surface area contributed by atoms with Gasteiger partial charge in [-0.25, -0.2) is 0 Å². The highest BCUT2D eigenvalue weighted by Crippen LogP contribution is 2.46. The van der Waals surface area contributed by atoms with E-state index in [1.54, 1.807) is 0 Å². The Balaban J connectivity index is 2.08. The van der Waals surface area contributed by atoms with E-state index in [4.69, 9.17) is 14.6 Å². The lowest BCUT2D eigenvalue weighted by molar-refractivity contribution is -0.133. The minimum Gasteiger partial charge on any atom is -0.491 e. The van der Waals surface area contributed by atoms with Gasteiger partial charge in [0, 0.05) is 5.56 Å². The molecule has 2 atom stereocenters. The summed E-state index contributed by atoms with van der Waals surface area (Å²) in [5.74, 6) is 1.26. The molecule has 0 amide bonds. The first-order chi connectivity index (χ1) is 14.4. The van der Waals surface area contributed by atoms with Crippen LogP contribution in [0.1, 0.15) is 85.3 Å². The molecule has 0 saturated heterocycles. The van der Waals surface area contributed by atoms with Gasteiger partial charge in [0.25, 0.3) is 0 Å². The predicted octanol–water partition coefficient (Wildman–Crippen LogP) is 5.58. The van der Waals surface area contributed by atoms with Gasteiger partial charge < -0.3 is 14.6 Å². The third kappa shape index (κ3) is 4.39. The number of rotatable bonds is 9. The molecular formula is C26H34O4. The van der Waals surface area contributed by atoms with Gasteiger partial charge >= 0.3 is 5.97 Å². The Morgan fingerprint density at radius 1 is 1.13 bits per heavy atom.